The second-order valence-electron chi connectivity index (χ2n) is 4.42. The maximum Gasteiger partial charge on any atom is -1.00 e. The molecule has 4 nitrogen and oxygen atoms in total. The zero-order chi connectivity index (χ0) is 13.0. The minimum atomic E-state index is 0. The van der Waals surface area contributed by atoms with Gasteiger partial charge in [0.05, 0.1) is 0 Å². The number of unbranched alkanes of at least 4 members (excludes halogenated alkanes) is 1. The quantitative estimate of drug-likeness (QED) is 0.253. The van der Waals surface area contributed by atoms with Gasteiger partial charge in [0, 0.05) is 0 Å². The van der Waals surface area contributed by atoms with Crippen LogP contribution in [0, 0.1) is 0 Å². The van der Waals surface area contributed by atoms with Crippen LogP contribution >= 0.6 is 0 Å². The predicted molar refractivity (Wildman–Crippen MR) is 71.0 cm³/mol. The van der Waals surface area contributed by atoms with Crippen molar-refractivity contribution in [2.75, 3.05) is 27.9 Å². The van der Waals surface area contributed by atoms with Gasteiger partial charge in [-0.25, -0.2) is 0 Å². The van der Waals surface area contributed by atoms with E-state index in [9.17, 15) is 0 Å². The van der Waals surface area contributed by atoms with Crippen molar-refractivity contribution in [3.63, 3.8) is 0 Å². The third kappa shape index (κ3) is 4.19. The standard InChI is InChI=1S/C13H20IN4.HI/c1-14-8-4-6-9-17(2)13-12(15)11-7-3-5-10-18(11)16-13;/h3,5,7,10H,4,6,8-9,15H2,1-2H3;1H/q-1;. The molecule has 6 heteroatoms. The molecule has 0 aromatic carbocycles. The number of halogens is 2. The summed E-state index contributed by atoms with van der Waals surface area (Å²) in [7, 11) is 2.11. The van der Waals surface area contributed by atoms with Crippen LogP contribution < -0.4 is 55.8 Å². The topological polar surface area (TPSA) is 48.2 Å². The maximum atomic E-state index is 4.60. The van der Waals surface area contributed by atoms with Crippen LogP contribution in [0.4, 0.5) is 11.5 Å². The van der Waals surface area contributed by atoms with E-state index in [0.717, 1.165) is 23.6 Å². The average molecular weight is 487 g/mol. The van der Waals surface area contributed by atoms with Crippen LogP contribution in [0.3, 0.4) is 0 Å². The minimum Gasteiger partial charge on any atom is -1.00 e. The Bertz CT molecular complexity index is 512. The number of quaternary nitrogens is 1. The summed E-state index contributed by atoms with van der Waals surface area (Å²) in [5.41, 5.74) is 6.28. The van der Waals surface area contributed by atoms with Gasteiger partial charge in [0.1, 0.15) is 0 Å². The fourth-order valence-electron chi connectivity index (χ4n) is 2.03. The summed E-state index contributed by atoms with van der Waals surface area (Å²) >= 11 is 0.446. The third-order valence-electron chi connectivity index (χ3n) is 3.05. The van der Waals surface area contributed by atoms with Crippen molar-refractivity contribution in [1.29, 1.82) is 0 Å². The van der Waals surface area contributed by atoms with Crippen LogP contribution in [-0.2, 0) is 0 Å². The first-order chi connectivity index (χ1) is 8.74. The van der Waals surface area contributed by atoms with Gasteiger partial charge in [0.25, 0.3) is 0 Å². The number of hydrogen-bond acceptors (Lipinski definition) is 2. The second kappa shape index (κ2) is 8.25. The van der Waals surface area contributed by atoms with E-state index in [4.69, 9.17) is 0 Å². The Balaban J connectivity index is 0.00000180. The molecule has 0 aliphatic rings. The van der Waals surface area contributed by atoms with Gasteiger partial charge in [-0.1, -0.05) is 0 Å². The first-order valence-electron chi connectivity index (χ1n) is 6.18. The molecule has 2 aromatic rings. The molecule has 0 bridgehead atoms. The van der Waals surface area contributed by atoms with Gasteiger partial charge in [-0.15, -0.1) is 0 Å². The van der Waals surface area contributed by atoms with Crippen LogP contribution in [-0.4, -0.2) is 32.6 Å². The Labute approximate surface area is 142 Å². The molecule has 0 fully saturated rings. The molecule has 19 heavy (non-hydrogen) atoms. The normalized spacial score (nSPS) is 10.7. The summed E-state index contributed by atoms with van der Waals surface area (Å²) in [5, 5.41) is 4.60. The molecule has 0 aliphatic carbocycles. The van der Waals surface area contributed by atoms with Crippen LogP contribution in [0.2, 0.25) is 0 Å². The van der Waals surface area contributed by atoms with Gasteiger partial charge in [0.15, 0.2) is 0 Å². The third-order valence-corrected chi connectivity index (χ3v) is 4.89. The van der Waals surface area contributed by atoms with Crippen molar-refractivity contribution < 1.29 is 50.9 Å². The molecule has 108 valence electrons. The summed E-state index contributed by atoms with van der Waals surface area (Å²) in [5.74, 6) is 1.01. The number of hydrogen-bond donors (Lipinski definition) is 1. The van der Waals surface area contributed by atoms with E-state index < -0.39 is 0 Å². The largest absolute Gasteiger partial charge is 1.00 e. The van der Waals surface area contributed by atoms with E-state index >= 15 is 0 Å². The molecule has 3 N–H and O–H groups in total. The zero-order valence-electron chi connectivity index (χ0n) is 11.4. The van der Waals surface area contributed by atoms with E-state index in [1.807, 2.05) is 22.8 Å². The molecule has 0 amide bonds. The van der Waals surface area contributed by atoms with Crippen molar-refractivity contribution in [2.24, 2.45) is 0 Å². The average Bonchev–Trinajstić information content (AvgIpc) is 2.73. The van der Waals surface area contributed by atoms with Crippen molar-refractivity contribution in [3.8, 4) is 0 Å². The summed E-state index contributed by atoms with van der Waals surface area (Å²) < 4.78 is 3.33. The Kier molecular flexibility index (Phi) is 7.37. The van der Waals surface area contributed by atoms with Gasteiger partial charge in [-0.05, 0) is 0 Å². The van der Waals surface area contributed by atoms with Crippen molar-refractivity contribution in [3.05, 3.63) is 24.4 Å². The molecule has 2 heterocycles. The summed E-state index contributed by atoms with van der Waals surface area (Å²) in [6.07, 6.45) is 4.56. The molecule has 0 saturated carbocycles. The summed E-state index contributed by atoms with van der Waals surface area (Å²) in [4.78, 5) is 4.57. The number of nitrogens with zero attached hydrogens (tertiary/aromatic N) is 3. The van der Waals surface area contributed by atoms with E-state index in [-0.39, 0.29) is 24.0 Å². The Morgan fingerprint density at radius 3 is 2.84 bits per heavy atom. The van der Waals surface area contributed by atoms with Crippen molar-refractivity contribution in [2.45, 2.75) is 12.8 Å². The molecule has 2 aromatic heterocycles. The molecule has 0 saturated heterocycles. The molecule has 0 spiro atoms. The van der Waals surface area contributed by atoms with Crippen LogP contribution in [0.15, 0.2) is 24.4 Å². The smallest absolute Gasteiger partial charge is 1.00 e. The van der Waals surface area contributed by atoms with Gasteiger partial charge < -0.3 is 24.0 Å². The Hall–Kier alpha value is -0.0900. The Morgan fingerprint density at radius 2 is 2.16 bits per heavy atom. The number of rotatable bonds is 6. The maximum absolute atomic E-state index is 4.60. The molecule has 2 rings (SSSR count). The molecule has 0 radical (unpaired) electrons. The van der Waals surface area contributed by atoms with E-state index in [1.54, 1.807) is 0 Å². The van der Waals surface area contributed by atoms with Gasteiger partial charge in [-0.2, -0.15) is 0 Å². The SMILES string of the molecule is C[I-]CCCCN(C)c1nn2ccccc2c1[NH3+].[I-]. The number of aromatic nitrogens is 2. The van der Waals surface area contributed by atoms with E-state index in [0.29, 0.717) is 21.2 Å². The van der Waals surface area contributed by atoms with Crippen molar-refractivity contribution >= 4 is 17.0 Å². The monoisotopic (exact) mass is 487 g/mol. The fraction of sp³-hybridized carbons (Fsp3) is 0.462. The van der Waals surface area contributed by atoms with Crippen LogP contribution in [0.25, 0.3) is 5.52 Å². The predicted octanol–water partition coefficient (Wildman–Crippen LogP) is -4.85. The first-order valence-corrected chi connectivity index (χ1v) is 9.86. The van der Waals surface area contributed by atoms with E-state index in [1.165, 1.54) is 17.3 Å². The number of pyridine rings is 1. The van der Waals surface area contributed by atoms with Crippen molar-refractivity contribution in [1.82, 2.24) is 9.61 Å². The molecule has 0 aliphatic heterocycles. The second-order valence-corrected chi connectivity index (χ2v) is 7.02. The molecular weight excluding hydrogens is 466 g/mol. The summed E-state index contributed by atoms with van der Waals surface area (Å²) in [6.45, 7) is 1.07. The molecule has 0 atom stereocenters. The van der Waals surface area contributed by atoms with E-state index in [2.05, 4.69) is 33.8 Å². The van der Waals surface area contributed by atoms with Gasteiger partial charge in [0.2, 0.25) is 0 Å². The molecular formula is C13H21I2N4-. The van der Waals surface area contributed by atoms with Gasteiger partial charge in [-0.3, -0.25) is 0 Å². The first kappa shape index (κ1) is 17.0. The molecule has 0 unspecified atom stereocenters. The Morgan fingerprint density at radius 1 is 1.37 bits per heavy atom. The van der Waals surface area contributed by atoms with Crippen LogP contribution in [0.1, 0.15) is 12.8 Å². The minimum absolute atomic E-state index is 0. The summed E-state index contributed by atoms with van der Waals surface area (Å²) in [6, 6.07) is 6.09. The number of fused-ring (bicyclic) bond motifs is 1. The van der Waals surface area contributed by atoms with Gasteiger partial charge >= 0.3 is 119 Å². The zero-order valence-corrected chi connectivity index (χ0v) is 15.8. The number of alkyl halides is 2. The van der Waals surface area contributed by atoms with Crippen LogP contribution in [0.5, 0.6) is 0 Å². The number of anilines is 1. The fourth-order valence-corrected chi connectivity index (χ4v) is 3.33.